The first kappa shape index (κ1) is 31.4. The highest BCUT2D eigenvalue weighted by Crippen LogP contribution is 2.33. The molecule has 0 aliphatic heterocycles. The number of hydrogen-bond acceptors (Lipinski definition) is 5. The molecule has 40 heavy (non-hydrogen) atoms. The highest BCUT2D eigenvalue weighted by molar-refractivity contribution is 5.75. The molecule has 0 amide bonds. The number of benzene rings is 4. The summed E-state index contributed by atoms with van der Waals surface area (Å²) in [6, 6.07) is 32.0. The molecule has 0 saturated heterocycles. The van der Waals surface area contributed by atoms with Crippen molar-refractivity contribution in [1.29, 1.82) is 0 Å². The second-order valence-electron chi connectivity index (χ2n) is 9.62. The fourth-order valence-corrected chi connectivity index (χ4v) is 4.74. The van der Waals surface area contributed by atoms with Crippen molar-refractivity contribution < 1.29 is 24.3 Å². The predicted octanol–water partition coefficient (Wildman–Crippen LogP) is 8.00. The van der Waals surface area contributed by atoms with Crippen LogP contribution in [0.4, 0.5) is 0 Å². The minimum atomic E-state index is 0. The summed E-state index contributed by atoms with van der Waals surface area (Å²) in [5.74, 6) is 3.57. The molecule has 4 rings (SSSR count). The lowest BCUT2D eigenvalue weighted by Crippen LogP contribution is -2.11. The molecule has 0 fully saturated rings. The van der Waals surface area contributed by atoms with Gasteiger partial charge in [0.05, 0.1) is 13.2 Å². The van der Waals surface area contributed by atoms with Crippen LogP contribution in [0.15, 0.2) is 97.1 Å². The topological polar surface area (TPSA) is 46.2 Å². The van der Waals surface area contributed by atoms with Crippen LogP contribution < -0.4 is 9.47 Å². The molecule has 0 saturated carbocycles. The first-order valence-corrected chi connectivity index (χ1v) is 13.7. The monoisotopic (exact) mass is 556 g/mol. The summed E-state index contributed by atoms with van der Waals surface area (Å²) in [7, 11) is 0. The Kier molecular flexibility index (Phi) is 12.7. The van der Waals surface area contributed by atoms with E-state index in [0.717, 1.165) is 47.0 Å². The van der Waals surface area contributed by atoms with Crippen molar-refractivity contribution in [3.8, 4) is 23.0 Å². The van der Waals surface area contributed by atoms with Crippen molar-refractivity contribution >= 4 is 17.4 Å². The summed E-state index contributed by atoms with van der Waals surface area (Å²) >= 11 is 0. The smallest absolute Gasteiger partial charge is 0.187 e. The van der Waals surface area contributed by atoms with E-state index in [1.807, 2.05) is 84.9 Å². The predicted molar refractivity (Wildman–Crippen MR) is 164 cm³/mol. The average molecular weight is 557 g/mol. The molecule has 0 radical (unpaired) electrons. The molecule has 0 bridgehead atoms. The van der Waals surface area contributed by atoms with E-state index in [1.54, 1.807) is 0 Å². The minimum absolute atomic E-state index is 0. The Morgan fingerprint density at radius 1 is 0.525 bits per heavy atom. The Hall–Kier alpha value is -3.11. The molecule has 2 atom stereocenters. The van der Waals surface area contributed by atoms with Gasteiger partial charge in [0.1, 0.15) is 23.0 Å². The van der Waals surface area contributed by atoms with E-state index >= 15 is 0 Å². The van der Waals surface area contributed by atoms with Gasteiger partial charge in [-0.15, -0.1) is 0 Å². The molecule has 6 heteroatoms. The molecule has 0 aliphatic rings. The van der Waals surface area contributed by atoms with E-state index in [-0.39, 0.29) is 29.2 Å². The lowest BCUT2D eigenvalue weighted by Gasteiger charge is -2.20. The number of rotatable bonds is 14. The average Bonchev–Trinajstić information content (AvgIpc) is 2.97. The van der Waals surface area contributed by atoms with E-state index < -0.39 is 0 Å². The Labute approximate surface area is 249 Å². The summed E-state index contributed by atoms with van der Waals surface area (Å²) in [5, 5.41) is 5.15. The van der Waals surface area contributed by atoms with E-state index in [2.05, 4.69) is 39.8 Å². The second-order valence-corrected chi connectivity index (χ2v) is 9.62. The van der Waals surface area contributed by atoms with Gasteiger partial charge in [-0.25, -0.2) is 9.78 Å². The lowest BCUT2D eigenvalue weighted by molar-refractivity contribution is -0.514. The third-order valence-corrected chi connectivity index (χ3v) is 6.78. The van der Waals surface area contributed by atoms with Gasteiger partial charge in [-0.05, 0) is 71.5 Å². The summed E-state index contributed by atoms with van der Waals surface area (Å²) in [6.07, 6.45) is 1.70. The largest absolute Gasteiger partial charge is 0.457 e. The summed E-state index contributed by atoms with van der Waals surface area (Å²) < 4.78 is 12.3. The fraction of sp³-hybridized carbons (Fsp3) is 0.294. The summed E-state index contributed by atoms with van der Waals surface area (Å²) in [5.41, 5.74) is 4.67. The van der Waals surface area contributed by atoms with E-state index in [9.17, 15) is 0 Å². The lowest BCUT2D eigenvalue weighted by atomic mass is 9.94. The van der Waals surface area contributed by atoms with Crippen molar-refractivity contribution in [2.45, 2.75) is 52.4 Å². The standard InChI is InChI=1S/C34H38O5.Al.3H/c1-5-29-31(19-13-21-33(29)37-27-15-9-7-10-16-27)25(3)23-35-39-36-24-26(4)32-20-14-22-34(30(32)6-2)38-28-17-11-8-12-18-28;;;;/h7-22,25-26H,5-6,23-24H2,1-4H3;;;;. The van der Waals surface area contributed by atoms with E-state index in [1.165, 1.54) is 11.1 Å². The molecule has 0 N–H and O–H groups in total. The number of ether oxygens (including phenoxy) is 2. The summed E-state index contributed by atoms with van der Waals surface area (Å²) in [4.78, 5) is 10.9. The van der Waals surface area contributed by atoms with Crippen LogP contribution in [0, 0.1) is 0 Å². The van der Waals surface area contributed by atoms with Crippen LogP contribution in [0.1, 0.15) is 61.8 Å². The fourth-order valence-electron chi connectivity index (χ4n) is 4.74. The van der Waals surface area contributed by atoms with E-state index in [4.69, 9.17) is 24.3 Å². The molecular weight excluding hydrogens is 515 g/mol. The Morgan fingerprint density at radius 3 is 1.30 bits per heavy atom. The van der Waals surface area contributed by atoms with Crippen molar-refractivity contribution in [1.82, 2.24) is 0 Å². The van der Waals surface area contributed by atoms with Crippen LogP contribution >= 0.6 is 0 Å². The molecular formula is C34H41AlO5. The molecule has 0 spiro atoms. The third-order valence-electron chi connectivity index (χ3n) is 6.78. The van der Waals surface area contributed by atoms with Crippen LogP contribution in [0.2, 0.25) is 0 Å². The van der Waals surface area contributed by atoms with Crippen molar-refractivity contribution in [2.24, 2.45) is 0 Å². The maximum absolute atomic E-state index is 6.16. The Bertz CT molecular complexity index is 1200. The van der Waals surface area contributed by atoms with Gasteiger partial charge in [0.25, 0.3) is 0 Å². The zero-order chi connectivity index (χ0) is 27.5. The quantitative estimate of drug-likeness (QED) is 0.0682. The van der Waals surface area contributed by atoms with Crippen LogP contribution in [-0.2, 0) is 27.7 Å². The van der Waals surface area contributed by atoms with Gasteiger partial charge in [0.15, 0.2) is 17.4 Å². The van der Waals surface area contributed by atoms with Crippen molar-refractivity contribution in [3.63, 3.8) is 0 Å². The zero-order valence-corrected chi connectivity index (χ0v) is 23.3. The van der Waals surface area contributed by atoms with Gasteiger partial charge in [0.2, 0.25) is 0 Å². The summed E-state index contributed by atoms with van der Waals surface area (Å²) in [6.45, 7) is 9.20. The molecule has 4 aromatic carbocycles. The SMILES string of the molecule is CCc1c(Oc2ccccc2)cccc1C(C)COOOCC(C)c1cccc(Oc2ccccc2)c1CC.[AlH3]. The first-order chi connectivity index (χ1) is 19.1. The van der Waals surface area contributed by atoms with Gasteiger partial charge in [-0.1, -0.05) is 93.4 Å². The Balaban J connectivity index is 0.00000441. The number of para-hydroxylation sites is 2. The van der Waals surface area contributed by atoms with Crippen LogP contribution in [0.5, 0.6) is 23.0 Å². The van der Waals surface area contributed by atoms with Gasteiger partial charge in [-0.3, -0.25) is 0 Å². The Morgan fingerprint density at radius 2 is 0.925 bits per heavy atom. The van der Waals surface area contributed by atoms with Crippen LogP contribution in [0.25, 0.3) is 0 Å². The molecule has 0 aromatic heterocycles. The molecule has 4 aromatic rings. The normalized spacial score (nSPS) is 12.3. The molecule has 210 valence electrons. The van der Waals surface area contributed by atoms with Gasteiger partial charge < -0.3 is 9.47 Å². The van der Waals surface area contributed by atoms with Crippen molar-refractivity contribution in [3.05, 3.63) is 119 Å². The maximum atomic E-state index is 6.16. The minimum Gasteiger partial charge on any atom is -0.457 e. The van der Waals surface area contributed by atoms with Crippen molar-refractivity contribution in [2.75, 3.05) is 13.2 Å². The zero-order valence-electron chi connectivity index (χ0n) is 23.3. The van der Waals surface area contributed by atoms with Gasteiger partial charge in [-0.2, -0.15) is 0 Å². The first-order valence-electron chi connectivity index (χ1n) is 13.7. The molecule has 0 aliphatic carbocycles. The second kappa shape index (κ2) is 16.2. The number of hydrogen-bond donors (Lipinski definition) is 0. The molecule has 5 nitrogen and oxygen atoms in total. The van der Waals surface area contributed by atoms with Crippen LogP contribution in [0.3, 0.4) is 0 Å². The maximum Gasteiger partial charge on any atom is 0.187 e. The van der Waals surface area contributed by atoms with Gasteiger partial charge >= 0.3 is 0 Å². The molecule has 2 unspecified atom stereocenters. The third kappa shape index (κ3) is 8.44. The molecule has 0 heterocycles. The van der Waals surface area contributed by atoms with Gasteiger partial charge in [0, 0.05) is 11.8 Å². The highest BCUT2D eigenvalue weighted by Gasteiger charge is 2.17. The van der Waals surface area contributed by atoms with Crippen LogP contribution in [-0.4, -0.2) is 30.6 Å². The highest BCUT2D eigenvalue weighted by atomic mass is 27.0. The van der Waals surface area contributed by atoms with E-state index in [0.29, 0.717) is 13.2 Å².